The normalized spacial score (nSPS) is 29.8. The monoisotopic (exact) mass is 144 g/mol. The number of aliphatic hydroxyl groups is 1. The van der Waals surface area contributed by atoms with Crippen molar-refractivity contribution in [1.29, 1.82) is 0 Å². The molecular formula is C6H8O4. The van der Waals surface area contributed by atoms with Gasteiger partial charge in [0.2, 0.25) is 0 Å². The molecule has 1 N–H and O–H groups in total. The molecule has 0 radical (unpaired) electrons. The average Bonchev–Trinajstić information content (AvgIpc) is 2.36. The third-order valence-corrected chi connectivity index (χ3v) is 1.26. The zero-order valence-electron chi connectivity index (χ0n) is 5.53. The van der Waals surface area contributed by atoms with Gasteiger partial charge in [0.05, 0.1) is 13.4 Å². The fourth-order valence-corrected chi connectivity index (χ4v) is 0.708. The highest BCUT2D eigenvalue weighted by atomic mass is 16.7. The van der Waals surface area contributed by atoms with Crippen molar-refractivity contribution < 1.29 is 19.4 Å². The summed E-state index contributed by atoms with van der Waals surface area (Å²) in [4.78, 5) is 10.7. The van der Waals surface area contributed by atoms with Crippen LogP contribution >= 0.6 is 0 Å². The van der Waals surface area contributed by atoms with Gasteiger partial charge in [-0.05, 0) is 6.08 Å². The van der Waals surface area contributed by atoms with Crippen LogP contribution in [0.5, 0.6) is 0 Å². The second kappa shape index (κ2) is 2.30. The van der Waals surface area contributed by atoms with Crippen LogP contribution in [-0.4, -0.2) is 24.0 Å². The maximum absolute atomic E-state index is 10.7. The van der Waals surface area contributed by atoms with E-state index in [1.807, 2.05) is 0 Å². The molecule has 0 aromatic rings. The Kier molecular flexibility index (Phi) is 1.63. The molecule has 0 aromatic heterocycles. The minimum Gasteiger partial charge on any atom is -0.464 e. The van der Waals surface area contributed by atoms with Crippen molar-refractivity contribution in [3.63, 3.8) is 0 Å². The van der Waals surface area contributed by atoms with Crippen LogP contribution in [0, 0.1) is 0 Å². The zero-order valence-corrected chi connectivity index (χ0v) is 5.53. The topological polar surface area (TPSA) is 55.8 Å². The van der Waals surface area contributed by atoms with Crippen molar-refractivity contribution in [2.45, 2.75) is 12.2 Å². The van der Waals surface area contributed by atoms with Gasteiger partial charge < -0.3 is 14.6 Å². The number of esters is 1. The van der Waals surface area contributed by atoms with Crippen LogP contribution in [0.4, 0.5) is 0 Å². The first-order valence-corrected chi connectivity index (χ1v) is 2.83. The number of methoxy groups -OCH3 is 1. The van der Waals surface area contributed by atoms with Gasteiger partial charge in [0.1, 0.15) is 0 Å². The van der Waals surface area contributed by atoms with Crippen LogP contribution in [0.1, 0.15) is 6.42 Å². The largest absolute Gasteiger partial charge is 0.464 e. The van der Waals surface area contributed by atoms with E-state index in [2.05, 4.69) is 9.47 Å². The third-order valence-electron chi connectivity index (χ3n) is 1.26. The second-order valence-corrected chi connectivity index (χ2v) is 1.97. The molecule has 0 saturated carbocycles. The van der Waals surface area contributed by atoms with Gasteiger partial charge in [-0.2, -0.15) is 0 Å². The van der Waals surface area contributed by atoms with Gasteiger partial charge in [0, 0.05) is 6.42 Å². The Morgan fingerprint density at radius 2 is 2.60 bits per heavy atom. The van der Waals surface area contributed by atoms with Gasteiger partial charge in [0.25, 0.3) is 0 Å². The lowest BCUT2D eigenvalue weighted by atomic mass is 10.2. The number of carbonyl (C=O) groups is 1. The Balaban J connectivity index is 2.61. The molecule has 0 fully saturated rings. The molecule has 0 amide bonds. The van der Waals surface area contributed by atoms with E-state index in [0.29, 0.717) is 0 Å². The fourth-order valence-electron chi connectivity index (χ4n) is 0.708. The molecule has 0 aromatic carbocycles. The van der Waals surface area contributed by atoms with Crippen LogP contribution in [-0.2, 0) is 14.3 Å². The number of carbonyl (C=O) groups excluding carboxylic acids is 1. The summed E-state index contributed by atoms with van der Waals surface area (Å²) in [5, 5.41) is 9.20. The molecule has 1 heterocycles. The van der Waals surface area contributed by atoms with Crippen molar-refractivity contribution in [2.24, 2.45) is 0 Å². The minimum absolute atomic E-state index is 0.152. The molecule has 1 unspecified atom stereocenters. The van der Waals surface area contributed by atoms with Crippen molar-refractivity contribution in [3.8, 4) is 0 Å². The molecule has 0 saturated heterocycles. The van der Waals surface area contributed by atoms with E-state index in [9.17, 15) is 9.90 Å². The van der Waals surface area contributed by atoms with Gasteiger partial charge in [0.15, 0.2) is 0 Å². The van der Waals surface area contributed by atoms with Gasteiger partial charge in [-0.15, -0.1) is 0 Å². The maximum Gasteiger partial charge on any atom is 0.379 e. The summed E-state index contributed by atoms with van der Waals surface area (Å²) in [7, 11) is 1.20. The molecule has 4 nitrogen and oxygen atoms in total. The van der Waals surface area contributed by atoms with Crippen LogP contribution in [0.3, 0.4) is 0 Å². The Labute approximate surface area is 58.1 Å². The lowest BCUT2D eigenvalue weighted by Gasteiger charge is -2.17. The molecule has 0 bridgehead atoms. The fraction of sp³-hybridized carbons (Fsp3) is 0.500. The van der Waals surface area contributed by atoms with Crippen molar-refractivity contribution in [1.82, 2.24) is 0 Å². The maximum atomic E-state index is 10.7. The van der Waals surface area contributed by atoms with Crippen LogP contribution in [0.15, 0.2) is 12.3 Å². The van der Waals surface area contributed by atoms with E-state index in [4.69, 9.17) is 0 Å². The Morgan fingerprint density at radius 1 is 1.90 bits per heavy atom. The average molecular weight is 144 g/mol. The molecule has 1 aliphatic heterocycles. The van der Waals surface area contributed by atoms with Crippen molar-refractivity contribution in [2.75, 3.05) is 7.11 Å². The first-order valence-electron chi connectivity index (χ1n) is 2.83. The number of ether oxygens (including phenoxy) is 2. The molecule has 1 rings (SSSR count). The summed E-state index contributed by atoms with van der Waals surface area (Å²) < 4.78 is 8.88. The first-order chi connectivity index (χ1) is 4.69. The predicted octanol–water partition coefficient (Wildman–Crippen LogP) is -0.218. The Bertz CT molecular complexity index is 165. The number of hydrogen-bond acceptors (Lipinski definition) is 4. The lowest BCUT2D eigenvalue weighted by molar-refractivity contribution is -0.202. The van der Waals surface area contributed by atoms with E-state index in [0.717, 1.165) is 0 Å². The second-order valence-electron chi connectivity index (χ2n) is 1.97. The highest BCUT2D eigenvalue weighted by Gasteiger charge is 2.40. The van der Waals surface area contributed by atoms with Crippen molar-refractivity contribution >= 4 is 5.97 Å². The van der Waals surface area contributed by atoms with E-state index in [-0.39, 0.29) is 6.42 Å². The molecule has 0 aliphatic carbocycles. The predicted molar refractivity (Wildman–Crippen MR) is 31.8 cm³/mol. The Hall–Kier alpha value is -1.03. The van der Waals surface area contributed by atoms with E-state index in [1.54, 1.807) is 6.08 Å². The molecule has 1 aliphatic rings. The minimum atomic E-state index is -1.77. The summed E-state index contributed by atoms with van der Waals surface area (Å²) in [6.45, 7) is 0. The van der Waals surface area contributed by atoms with Crippen LogP contribution in [0.2, 0.25) is 0 Å². The molecule has 1 atom stereocenters. The number of hydrogen-bond donors (Lipinski definition) is 1. The van der Waals surface area contributed by atoms with E-state index < -0.39 is 11.8 Å². The molecule has 4 heteroatoms. The highest BCUT2D eigenvalue weighted by molar-refractivity contribution is 5.78. The zero-order chi connectivity index (χ0) is 7.61. The molecular weight excluding hydrogens is 136 g/mol. The van der Waals surface area contributed by atoms with Crippen LogP contribution < -0.4 is 0 Å². The quantitative estimate of drug-likeness (QED) is 0.517. The van der Waals surface area contributed by atoms with E-state index >= 15 is 0 Å². The summed E-state index contributed by atoms with van der Waals surface area (Å²) in [6, 6.07) is 0. The summed E-state index contributed by atoms with van der Waals surface area (Å²) in [6.07, 6.45) is 2.98. The van der Waals surface area contributed by atoms with Gasteiger partial charge >= 0.3 is 11.8 Å². The highest BCUT2D eigenvalue weighted by Crippen LogP contribution is 2.20. The van der Waals surface area contributed by atoms with E-state index in [1.165, 1.54) is 13.4 Å². The lowest BCUT2D eigenvalue weighted by Crippen LogP contribution is -2.38. The van der Waals surface area contributed by atoms with Gasteiger partial charge in [-0.3, -0.25) is 0 Å². The summed E-state index contributed by atoms with van der Waals surface area (Å²) in [5.41, 5.74) is 0. The third kappa shape index (κ3) is 0.974. The number of rotatable bonds is 1. The standard InChI is InChI=1S/C6H8O4/c1-9-5(7)6(8)3-2-4-10-6/h2,4,8H,3H2,1H3. The Morgan fingerprint density at radius 3 is 3.00 bits per heavy atom. The van der Waals surface area contributed by atoms with Crippen molar-refractivity contribution in [3.05, 3.63) is 12.3 Å². The summed E-state index contributed by atoms with van der Waals surface area (Å²) >= 11 is 0. The van der Waals surface area contributed by atoms with Gasteiger partial charge in [-0.1, -0.05) is 0 Å². The first kappa shape index (κ1) is 7.08. The SMILES string of the molecule is COC(=O)C1(O)CC=CO1. The summed E-state index contributed by atoms with van der Waals surface area (Å²) in [5.74, 6) is -2.54. The van der Waals surface area contributed by atoms with Crippen LogP contribution in [0.25, 0.3) is 0 Å². The molecule has 10 heavy (non-hydrogen) atoms. The van der Waals surface area contributed by atoms with Gasteiger partial charge in [-0.25, -0.2) is 4.79 Å². The molecule has 0 spiro atoms. The molecule has 56 valence electrons. The smallest absolute Gasteiger partial charge is 0.379 e.